The third kappa shape index (κ3) is 38.7. The number of esters is 1. The van der Waals surface area contributed by atoms with Crippen molar-refractivity contribution in [1.29, 1.82) is 0 Å². The number of amides is 1. The van der Waals surface area contributed by atoms with Gasteiger partial charge in [0.25, 0.3) is 0 Å². The smallest absolute Gasteiger partial charge is 0.306 e. The number of allylic oxidation sites excluding steroid dienone is 8. The molecule has 0 saturated heterocycles. The maximum Gasteiger partial charge on any atom is 0.306 e. The zero-order valence-electron chi connectivity index (χ0n) is 37.0. The third-order valence-electron chi connectivity index (χ3n) is 10.8. The molecule has 0 aliphatic heterocycles. The molecule has 1 amide bonds. The van der Waals surface area contributed by atoms with Crippen LogP contribution < -0.4 is 5.32 Å². The maximum atomic E-state index is 13.1. The van der Waals surface area contributed by atoms with Crippen LogP contribution in [0.3, 0.4) is 0 Å². The molecule has 6 nitrogen and oxygen atoms in total. The number of hydrogen-bond acceptors (Lipinski definition) is 5. The van der Waals surface area contributed by atoms with E-state index in [1.807, 2.05) is 24.3 Å². The van der Waals surface area contributed by atoms with E-state index < -0.39 is 18.2 Å². The van der Waals surface area contributed by atoms with E-state index in [-0.39, 0.29) is 24.9 Å². The van der Waals surface area contributed by atoms with E-state index in [1.54, 1.807) is 0 Å². The number of aliphatic hydroxyl groups is 2. The summed E-state index contributed by atoms with van der Waals surface area (Å²) in [5, 5.41) is 23.7. The fourth-order valence-corrected chi connectivity index (χ4v) is 7.15. The minimum absolute atomic E-state index is 0.0532. The van der Waals surface area contributed by atoms with Crippen LogP contribution in [0.4, 0.5) is 0 Å². The molecular formula is C50H91NO5. The van der Waals surface area contributed by atoms with Crippen molar-refractivity contribution in [1.82, 2.24) is 5.32 Å². The highest BCUT2D eigenvalue weighted by Crippen LogP contribution is 2.17. The van der Waals surface area contributed by atoms with Crippen LogP contribution in [0.2, 0.25) is 0 Å². The molecule has 326 valence electrons. The van der Waals surface area contributed by atoms with Gasteiger partial charge in [-0.25, -0.2) is 0 Å². The van der Waals surface area contributed by atoms with Gasteiger partial charge in [0.15, 0.2) is 0 Å². The van der Waals surface area contributed by atoms with Crippen molar-refractivity contribution in [2.24, 2.45) is 0 Å². The lowest BCUT2D eigenvalue weighted by atomic mass is 10.0. The van der Waals surface area contributed by atoms with Gasteiger partial charge in [0.1, 0.15) is 6.10 Å². The fraction of sp³-hybridized carbons (Fsp3) is 0.800. The molecular weight excluding hydrogens is 695 g/mol. The Bertz CT molecular complexity index is 972. The largest absolute Gasteiger partial charge is 0.462 e. The number of hydrogen-bond donors (Lipinski definition) is 3. The summed E-state index contributed by atoms with van der Waals surface area (Å²) < 4.78 is 5.89. The van der Waals surface area contributed by atoms with Crippen molar-refractivity contribution in [3.8, 4) is 0 Å². The summed E-state index contributed by atoms with van der Waals surface area (Å²) in [4.78, 5) is 26.0. The van der Waals surface area contributed by atoms with Gasteiger partial charge in [-0.3, -0.25) is 9.59 Å². The summed E-state index contributed by atoms with van der Waals surface area (Å²) >= 11 is 0. The van der Waals surface area contributed by atoms with Crippen LogP contribution >= 0.6 is 0 Å². The lowest BCUT2D eigenvalue weighted by molar-refractivity contribution is -0.151. The Kier molecular flexibility index (Phi) is 42.2. The molecule has 0 radical (unpaired) electrons. The van der Waals surface area contributed by atoms with Gasteiger partial charge in [-0.1, -0.05) is 223 Å². The Labute approximate surface area is 346 Å². The van der Waals surface area contributed by atoms with Crippen molar-refractivity contribution in [3.63, 3.8) is 0 Å². The Hall–Kier alpha value is -2.18. The molecule has 0 spiro atoms. The quantitative estimate of drug-likeness (QED) is 0.0325. The van der Waals surface area contributed by atoms with E-state index in [2.05, 4.69) is 50.4 Å². The summed E-state index contributed by atoms with van der Waals surface area (Å²) in [6, 6.07) is -0.711. The molecule has 0 heterocycles. The number of rotatable bonds is 42. The first kappa shape index (κ1) is 53.8. The Morgan fingerprint density at radius 2 is 0.964 bits per heavy atom. The molecule has 0 fully saturated rings. The molecule has 0 saturated carbocycles. The van der Waals surface area contributed by atoms with Crippen LogP contribution in [0.25, 0.3) is 0 Å². The van der Waals surface area contributed by atoms with Gasteiger partial charge in [0.2, 0.25) is 5.91 Å². The zero-order chi connectivity index (χ0) is 41.0. The number of aliphatic hydroxyl groups excluding tert-OH is 2. The monoisotopic (exact) mass is 786 g/mol. The van der Waals surface area contributed by atoms with E-state index in [0.717, 1.165) is 70.6 Å². The van der Waals surface area contributed by atoms with Gasteiger partial charge in [0, 0.05) is 6.42 Å². The highest BCUT2D eigenvalue weighted by molar-refractivity contribution is 5.77. The van der Waals surface area contributed by atoms with Gasteiger partial charge >= 0.3 is 5.97 Å². The van der Waals surface area contributed by atoms with Gasteiger partial charge in [0.05, 0.1) is 25.2 Å². The molecule has 0 aliphatic rings. The third-order valence-corrected chi connectivity index (χ3v) is 10.8. The molecule has 0 rings (SSSR count). The van der Waals surface area contributed by atoms with Crippen molar-refractivity contribution >= 4 is 11.9 Å². The van der Waals surface area contributed by atoms with Gasteiger partial charge in [-0.05, 0) is 44.9 Å². The predicted octanol–water partition coefficient (Wildman–Crippen LogP) is 13.9. The predicted molar refractivity (Wildman–Crippen MR) is 241 cm³/mol. The molecule has 3 N–H and O–H groups in total. The lowest BCUT2D eigenvalue weighted by Gasteiger charge is -2.24. The normalized spacial score (nSPS) is 13.7. The molecule has 0 aromatic rings. The van der Waals surface area contributed by atoms with Gasteiger partial charge in [-0.15, -0.1) is 0 Å². The first-order valence-corrected chi connectivity index (χ1v) is 23.9. The van der Waals surface area contributed by atoms with Crippen molar-refractivity contribution in [2.45, 2.75) is 251 Å². The van der Waals surface area contributed by atoms with Crippen LogP contribution in [-0.2, 0) is 14.3 Å². The van der Waals surface area contributed by atoms with E-state index in [0.29, 0.717) is 19.3 Å². The van der Waals surface area contributed by atoms with E-state index in [1.165, 1.54) is 116 Å². The van der Waals surface area contributed by atoms with Crippen molar-refractivity contribution in [3.05, 3.63) is 48.6 Å². The SMILES string of the molecule is CC/C=C/C=C/C=C/C=C\CCCCCC(CC(=O)NC(CO)C(O)CCCCCCCCCCCCCC)OC(=O)CCCCCCCCCCCCCC. The Morgan fingerprint density at radius 1 is 0.536 bits per heavy atom. The number of carbonyl (C=O) groups excluding carboxylic acids is 2. The molecule has 0 aromatic carbocycles. The molecule has 3 unspecified atom stereocenters. The second kappa shape index (κ2) is 43.9. The van der Waals surface area contributed by atoms with Crippen molar-refractivity contribution < 1.29 is 24.5 Å². The van der Waals surface area contributed by atoms with Crippen LogP contribution in [0.5, 0.6) is 0 Å². The first-order valence-electron chi connectivity index (χ1n) is 23.9. The van der Waals surface area contributed by atoms with E-state index in [4.69, 9.17) is 4.74 Å². The number of carbonyl (C=O) groups is 2. The van der Waals surface area contributed by atoms with Crippen LogP contribution in [0.15, 0.2) is 48.6 Å². The maximum absolute atomic E-state index is 13.1. The summed E-state index contributed by atoms with van der Waals surface area (Å²) in [6.45, 7) is 6.32. The van der Waals surface area contributed by atoms with Crippen LogP contribution in [0, 0.1) is 0 Å². The second-order valence-corrected chi connectivity index (χ2v) is 16.2. The van der Waals surface area contributed by atoms with E-state index >= 15 is 0 Å². The molecule has 0 bridgehead atoms. The second-order valence-electron chi connectivity index (χ2n) is 16.2. The lowest BCUT2D eigenvalue weighted by Crippen LogP contribution is -2.46. The number of ether oxygens (including phenoxy) is 1. The topological polar surface area (TPSA) is 95.9 Å². The Balaban J connectivity index is 4.65. The molecule has 0 aliphatic carbocycles. The summed E-state index contributed by atoms with van der Waals surface area (Å²) in [6.07, 6.45) is 51.7. The Morgan fingerprint density at radius 3 is 1.46 bits per heavy atom. The first-order chi connectivity index (χ1) is 27.5. The van der Waals surface area contributed by atoms with E-state index in [9.17, 15) is 19.8 Å². The fourth-order valence-electron chi connectivity index (χ4n) is 7.15. The van der Waals surface area contributed by atoms with Crippen molar-refractivity contribution in [2.75, 3.05) is 6.61 Å². The summed E-state index contributed by atoms with van der Waals surface area (Å²) in [5.74, 6) is -0.510. The number of nitrogens with one attached hydrogen (secondary N) is 1. The molecule has 3 atom stereocenters. The standard InChI is InChI=1S/C50H91NO5/c1-4-7-10-13-16-19-22-25-26-29-32-35-38-41-46(56-50(55)43-40-37-34-31-28-24-21-18-15-12-9-6-3)44-49(54)51-47(45-52)48(53)42-39-36-33-30-27-23-20-17-14-11-8-5-2/h7,10,13,16,19,22,25-26,46-48,52-53H,4-6,8-9,11-12,14-15,17-18,20-21,23-24,27-45H2,1-3H3,(H,51,54)/b10-7+,16-13+,22-19+,26-25-. The molecule has 6 heteroatoms. The van der Waals surface area contributed by atoms with Gasteiger partial charge in [-0.2, -0.15) is 0 Å². The highest BCUT2D eigenvalue weighted by atomic mass is 16.5. The minimum Gasteiger partial charge on any atom is -0.462 e. The number of unbranched alkanes of at least 4 members (excludes halogenated alkanes) is 25. The molecule has 0 aromatic heterocycles. The van der Waals surface area contributed by atoms with Crippen LogP contribution in [0.1, 0.15) is 233 Å². The molecule has 56 heavy (non-hydrogen) atoms. The summed E-state index contributed by atoms with van der Waals surface area (Å²) in [5.41, 5.74) is 0. The average molecular weight is 786 g/mol. The highest BCUT2D eigenvalue weighted by Gasteiger charge is 2.24. The zero-order valence-corrected chi connectivity index (χ0v) is 37.0. The van der Waals surface area contributed by atoms with Gasteiger partial charge < -0.3 is 20.3 Å². The minimum atomic E-state index is -0.796. The average Bonchev–Trinajstić information content (AvgIpc) is 3.19. The van der Waals surface area contributed by atoms with Crippen LogP contribution in [-0.4, -0.2) is 46.9 Å². The summed E-state index contributed by atoms with van der Waals surface area (Å²) in [7, 11) is 0.